The van der Waals surface area contributed by atoms with Crippen LogP contribution in [0.25, 0.3) is 11.3 Å². The van der Waals surface area contributed by atoms with Gasteiger partial charge in [-0.25, -0.2) is 10.2 Å². The summed E-state index contributed by atoms with van der Waals surface area (Å²) in [7, 11) is 0. The van der Waals surface area contributed by atoms with E-state index in [9.17, 15) is 14.9 Å². The zero-order valence-electron chi connectivity index (χ0n) is 11.7. The van der Waals surface area contributed by atoms with E-state index < -0.39 is 11.0 Å². The van der Waals surface area contributed by atoms with Crippen molar-refractivity contribution < 1.29 is 18.9 Å². The van der Waals surface area contributed by atoms with E-state index in [0.29, 0.717) is 17.1 Å². The van der Waals surface area contributed by atoms with Gasteiger partial charge in [0.05, 0.1) is 17.7 Å². The van der Waals surface area contributed by atoms with Crippen molar-refractivity contribution in [3.63, 3.8) is 0 Å². The van der Waals surface area contributed by atoms with Gasteiger partial charge in [0.25, 0.3) is 5.69 Å². The molecule has 1 amide bonds. The van der Waals surface area contributed by atoms with Gasteiger partial charge in [-0.1, -0.05) is 0 Å². The van der Waals surface area contributed by atoms with E-state index in [2.05, 4.69) is 15.3 Å². The first-order valence-electron chi connectivity index (χ1n) is 6.40. The molecule has 1 N–H and O–H groups in total. The molecule has 0 aliphatic rings. The lowest BCUT2D eigenvalue weighted by atomic mass is 10.1. The molecular weight excluding hydrogens is 290 g/mol. The van der Waals surface area contributed by atoms with Gasteiger partial charge in [0, 0.05) is 17.7 Å². The number of nitro benzene ring substituents is 1. The van der Waals surface area contributed by atoms with Gasteiger partial charge in [0.2, 0.25) is 0 Å². The Balaban J connectivity index is 2.03. The van der Waals surface area contributed by atoms with Gasteiger partial charge in [-0.2, -0.15) is 5.10 Å². The Bertz CT molecular complexity index is 691. The summed E-state index contributed by atoms with van der Waals surface area (Å²) in [5.41, 5.74) is 2.88. The lowest BCUT2D eigenvalue weighted by Crippen LogP contribution is -2.18. The summed E-state index contributed by atoms with van der Waals surface area (Å²) < 4.78 is 10.1. The molecule has 0 saturated heterocycles. The number of carbonyl (C=O) groups is 1. The van der Waals surface area contributed by atoms with E-state index in [0.717, 1.165) is 0 Å². The molecule has 0 aliphatic carbocycles. The Kier molecular flexibility index (Phi) is 4.86. The van der Waals surface area contributed by atoms with Gasteiger partial charge in [-0.05, 0) is 31.2 Å². The highest BCUT2D eigenvalue weighted by atomic mass is 16.6. The summed E-state index contributed by atoms with van der Waals surface area (Å²) in [6.45, 7) is 1.94. The second kappa shape index (κ2) is 7.02. The molecule has 0 atom stereocenters. The van der Waals surface area contributed by atoms with Crippen LogP contribution in [0, 0.1) is 10.1 Å². The zero-order chi connectivity index (χ0) is 15.9. The summed E-state index contributed by atoms with van der Waals surface area (Å²) in [5, 5.41) is 14.3. The maximum atomic E-state index is 11.0. The van der Waals surface area contributed by atoms with Crippen LogP contribution in [0.1, 0.15) is 12.7 Å². The number of nitro groups is 1. The lowest BCUT2D eigenvalue weighted by Gasteiger charge is -1.98. The van der Waals surface area contributed by atoms with Crippen molar-refractivity contribution in [2.45, 2.75) is 6.92 Å². The SMILES string of the molecule is CCOC(=O)NN=Cc1ccc(-c2ccc([N+](=O)[O-])cc2)o1. The number of hydrogen-bond donors (Lipinski definition) is 1. The van der Waals surface area contributed by atoms with Crippen LogP contribution in [0.3, 0.4) is 0 Å². The van der Waals surface area contributed by atoms with E-state index in [4.69, 9.17) is 4.42 Å². The second-order valence-corrected chi connectivity index (χ2v) is 4.10. The average molecular weight is 303 g/mol. The standard InChI is InChI=1S/C14H13N3O5/c1-2-21-14(18)16-15-9-12-7-8-13(22-12)10-3-5-11(6-4-10)17(19)20/h3-9H,2H2,1H3,(H,16,18). The molecule has 1 heterocycles. The van der Waals surface area contributed by atoms with Crippen LogP contribution < -0.4 is 5.43 Å². The summed E-state index contributed by atoms with van der Waals surface area (Å²) >= 11 is 0. The fraction of sp³-hybridized carbons (Fsp3) is 0.143. The molecule has 8 nitrogen and oxygen atoms in total. The maximum absolute atomic E-state index is 11.0. The van der Waals surface area contributed by atoms with Gasteiger partial charge >= 0.3 is 6.09 Å². The van der Waals surface area contributed by atoms with E-state index in [1.165, 1.54) is 18.3 Å². The van der Waals surface area contributed by atoms with Crippen LogP contribution in [0.5, 0.6) is 0 Å². The van der Waals surface area contributed by atoms with Crippen molar-refractivity contribution in [2.75, 3.05) is 6.61 Å². The molecule has 1 aromatic heterocycles. The minimum absolute atomic E-state index is 0.00993. The predicted molar refractivity (Wildman–Crippen MR) is 78.6 cm³/mol. The molecule has 8 heteroatoms. The number of benzene rings is 1. The Hall–Kier alpha value is -3.16. The third-order valence-corrected chi connectivity index (χ3v) is 2.61. The van der Waals surface area contributed by atoms with Gasteiger partial charge < -0.3 is 9.15 Å². The number of ether oxygens (including phenoxy) is 1. The third-order valence-electron chi connectivity index (χ3n) is 2.61. The molecule has 0 spiro atoms. The fourth-order valence-corrected chi connectivity index (χ4v) is 1.64. The molecule has 0 saturated carbocycles. The number of rotatable bonds is 5. The molecule has 0 fully saturated rings. The fourth-order valence-electron chi connectivity index (χ4n) is 1.64. The predicted octanol–water partition coefficient (Wildman–Crippen LogP) is 2.93. The smallest absolute Gasteiger partial charge is 0.427 e. The van der Waals surface area contributed by atoms with Crippen LogP contribution >= 0.6 is 0 Å². The van der Waals surface area contributed by atoms with E-state index in [1.807, 2.05) is 0 Å². The highest BCUT2D eigenvalue weighted by Crippen LogP contribution is 2.23. The van der Waals surface area contributed by atoms with E-state index in [1.54, 1.807) is 31.2 Å². The number of hydrogen-bond acceptors (Lipinski definition) is 6. The molecule has 22 heavy (non-hydrogen) atoms. The zero-order valence-corrected chi connectivity index (χ0v) is 11.7. The first kappa shape index (κ1) is 15.2. The summed E-state index contributed by atoms with van der Waals surface area (Å²) in [6, 6.07) is 9.34. The monoisotopic (exact) mass is 303 g/mol. The Morgan fingerprint density at radius 3 is 2.73 bits per heavy atom. The van der Waals surface area contributed by atoms with Crippen LogP contribution in [-0.4, -0.2) is 23.8 Å². The van der Waals surface area contributed by atoms with Gasteiger partial charge in [0.1, 0.15) is 11.5 Å². The molecule has 0 unspecified atom stereocenters. The Morgan fingerprint density at radius 1 is 1.36 bits per heavy atom. The second-order valence-electron chi connectivity index (χ2n) is 4.10. The number of non-ortho nitro benzene ring substituents is 1. The number of amides is 1. The Morgan fingerprint density at radius 2 is 2.09 bits per heavy atom. The van der Waals surface area contributed by atoms with Crippen LogP contribution in [0.4, 0.5) is 10.5 Å². The van der Waals surface area contributed by atoms with Crippen molar-refractivity contribution in [3.8, 4) is 11.3 Å². The minimum Gasteiger partial charge on any atom is -0.455 e. The highest BCUT2D eigenvalue weighted by molar-refractivity contribution is 5.79. The number of nitrogens with one attached hydrogen (secondary N) is 1. The van der Waals surface area contributed by atoms with E-state index in [-0.39, 0.29) is 12.3 Å². The van der Waals surface area contributed by atoms with Crippen LogP contribution in [-0.2, 0) is 4.74 Å². The third kappa shape index (κ3) is 3.92. The topological polar surface area (TPSA) is 107 Å². The molecular formula is C14H13N3O5. The molecule has 0 radical (unpaired) electrons. The summed E-state index contributed by atoms with van der Waals surface area (Å²) in [5.74, 6) is 0.956. The van der Waals surface area contributed by atoms with Crippen molar-refractivity contribution in [1.29, 1.82) is 0 Å². The minimum atomic E-state index is -0.652. The summed E-state index contributed by atoms with van der Waals surface area (Å²) in [4.78, 5) is 21.1. The molecule has 114 valence electrons. The van der Waals surface area contributed by atoms with Crippen LogP contribution in [0.2, 0.25) is 0 Å². The number of carbonyl (C=O) groups excluding carboxylic acids is 1. The highest BCUT2D eigenvalue weighted by Gasteiger charge is 2.08. The molecule has 0 bridgehead atoms. The maximum Gasteiger partial charge on any atom is 0.427 e. The van der Waals surface area contributed by atoms with Crippen molar-refractivity contribution >= 4 is 18.0 Å². The first-order chi connectivity index (χ1) is 10.6. The number of furan rings is 1. The molecule has 2 aromatic rings. The Labute approximate surface area is 125 Å². The molecule has 2 rings (SSSR count). The molecule has 1 aromatic carbocycles. The number of nitrogens with zero attached hydrogens (tertiary/aromatic N) is 2. The lowest BCUT2D eigenvalue weighted by molar-refractivity contribution is -0.384. The first-order valence-corrected chi connectivity index (χ1v) is 6.40. The van der Waals surface area contributed by atoms with Crippen molar-refractivity contribution in [3.05, 3.63) is 52.3 Å². The number of hydrazone groups is 1. The van der Waals surface area contributed by atoms with Crippen molar-refractivity contribution in [1.82, 2.24) is 5.43 Å². The van der Waals surface area contributed by atoms with Gasteiger partial charge in [0.15, 0.2) is 0 Å². The average Bonchev–Trinajstić information content (AvgIpc) is 2.96. The molecule has 0 aliphatic heterocycles. The summed E-state index contributed by atoms with van der Waals surface area (Å²) in [6.07, 6.45) is 0.673. The van der Waals surface area contributed by atoms with Gasteiger partial charge in [-0.3, -0.25) is 10.1 Å². The van der Waals surface area contributed by atoms with E-state index >= 15 is 0 Å². The largest absolute Gasteiger partial charge is 0.455 e. The normalized spacial score (nSPS) is 10.6. The van der Waals surface area contributed by atoms with Gasteiger partial charge in [-0.15, -0.1) is 0 Å². The van der Waals surface area contributed by atoms with Crippen LogP contribution in [0.15, 0.2) is 45.9 Å². The van der Waals surface area contributed by atoms with Crippen molar-refractivity contribution in [2.24, 2.45) is 5.10 Å². The quantitative estimate of drug-likeness (QED) is 0.519.